The molecule has 0 amide bonds. The number of benzene rings is 1. The van der Waals surface area contributed by atoms with Crippen LogP contribution in [0.15, 0.2) is 28.2 Å². The van der Waals surface area contributed by atoms with E-state index in [2.05, 4.69) is 17.6 Å². The minimum absolute atomic E-state index is 0.0832. The number of fused-ring (bicyclic) bond motifs is 2. The van der Waals surface area contributed by atoms with Gasteiger partial charge in [0, 0.05) is 17.5 Å². The summed E-state index contributed by atoms with van der Waals surface area (Å²) in [5.74, 6) is 0.767. The quantitative estimate of drug-likeness (QED) is 0.633. The summed E-state index contributed by atoms with van der Waals surface area (Å²) in [7, 11) is 0. The first kappa shape index (κ1) is 11.2. The van der Waals surface area contributed by atoms with Gasteiger partial charge in [0.2, 0.25) is 0 Å². The Morgan fingerprint density at radius 1 is 1.59 bits per heavy atom. The molecule has 2 heterocycles. The predicted molar refractivity (Wildman–Crippen MR) is 74.2 cm³/mol. The molecule has 0 fully saturated rings. The summed E-state index contributed by atoms with van der Waals surface area (Å²) in [5, 5.41) is 1.93. The van der Waals surface area contributed by atoms with E-state index in [9.17, 15) is 4.79 Å². The van der Waals surface area contributed by atoms with Gasteiger partial charge in [0.1, 0.15) is 0 Å². The van der Waals surface area contributed by atoms with Crippen LogP contribution >= 0.6 is 24.4 Å². The molecule has 0 saturated carbocycles. The molecule has 88 valence electrons. The molecule has 0 radical (unpaired) electrons. The van der Waals surface area contributed by atoms with Crippen LogP contribution in [0, 0.1) is 6.92 Å². The number of thioether (sulfide) groups is 1. The Bertz CT molecular complexity index is 651. The summed E-state index contributed by atoms with van der Waals surface area (Å²) in [6.07, 6.45) is 0. The van der Waals surface area contributed by atoms with Crippen LogP contribution < -0.4 is 5.56 Å². The monoisotopic (exact) mass is 264 g/mol. The van der Waals surface area contributed by atoms with Crippen LogP contribution in [-0.4, -0.2) is 20.6 Å². The van der Waals surface area contributed by atoms with Gasteiger partial charge < -0.3 is 0 Å². The Labute approximate surface area is 109 Å². The molecule has 3 nitrogen and oxygen atoms in total. The van der Waals surface area contributed by atoms with E-state index in [0.29, 0.717) is 5.25 Å². The van der Waals surface area contributed by atoms with Crippen molar-refractivity contribution in [1.82, 2.24) is 9.55 Å². The fourth-order valence-electron chi connectivity index (χ4n) is 2.14. The van der Waals surface area contributed by atoms with Crippen LogP contribution in [0.1, 0.15) is 5.56 Å². The van der Waals surface area contributed by atoms with Crippen molar-refractivity contribution >= 4 is 35.3 Å². The SMILES string of the molecule is Cc1cccc2nc3n(c(=O)c12)C[C@H](CS)S3. The summed E-state index contributed by atoms with van der Waals surface area (Å²) in [5.41, 5.74) is 1.88. The molecule has 2 aromatic rings. The van der Waals surface area contributed by atoms with Gasteiger partial charge in [0.25, 0.3) is 5.56 Å². The van der Waals surface area contributed by atoms with Gasteiger partial charge in [-0.25, -0.2) is 4.98 Å². The number of hydrogen-bond donors (Lipinski definition) is 1. The van der Waals surface area contributed by atoms with E-state index in [1.165, 1.54) is 0 Å². The first-order valence-corrected chi connectivity index (χ1v) is 6.99. The Morgan fingerprint density at radius 3 is 3.18 bits per heavy atom. The van der Waals surface area contributed by atoms with Crippen molar-refractivity contribution in [3.63, 3.8) is 0 Å². The Hall–Kier alpha value is -0.940. The van der Waals surface area contributed by atoms with Crippen molar-refractivity contribution in [3.8, 4) is 0 Å². The molecular formula is C12H12N2OS2. The molecule has 0 saturated heterocycles. The van der Waals surface area contributed by atoms with Gasteiger partial charge >= 0.3 is 0 Å². The van der Waals surface area contributed by atoms with Crippen LogP contribution in [0.2, 0.25) is 0 Å². The summed E-state index contributed by atoms with van der Waals surface area (Å²) in [4.78, 5) is 17.0. The largest absolute Gasteiger partial charge is 0.286 e. The van der Waals surface area contributed by atoms with E-state index in [1.54, 1.807) is 16.3 Å². The molecule has 1 aliphatic heterocycles. The minimum atomic E-state index is 0.0832. The van der Waals surface area contributed by atoms with Gasteiger partial charge in [-0.15, -0.1) is 0 Å². The average Bonchev–Trinajstić information content (AvgIpc) is 2.72. The summed E-state index contributed by atoms with van der Waals surface area (Å²) in [6, 6.07) is 5.80. The third-order valence-electron chi connectivity index (χ3n) is 3.02. The fraction of sp³-hybridized carbons (Fsp3) is 0.333. The molecule has 0 N–H and O–H groups in total. The highest BCUT2D eigenvalue weighted by molar-refractivity contribution is 8.00. The summed E-state index contributed by atoms with van der Waals surface area (Å²) >= 11 is 5.94. The summed E-state index contributed by atoms with van der Waals surface area (Å²) < 4.78 is 1.78. The topological polar surface area (TPSA) is 34.9 Å². The van der Waals surface area contributed by atoms with Crippen LogP contribution in [0.5, 0.6) is 0 Å². The maximum absolute atomic E-state index is 12.4. The van der Waals surface area contributed by atoms with Crippen molar-refractivity contribution in [2.24, 2.45) is 0 Å². The number of nitrogens with zero attached hydrogens (tertiary/aromatic N) is 2. The predicted octanol–water partition coefficient (Wildman–Crippen LogP) is 2.11. The lowest BCUT2D eigenvalue weighted by molar-refractivity contribution is 0.631. The Morgan fingerprint density at radius 2 is 2.41 bits per heavy atom. The maximum Gasteiger partial charge on any atom is 0.262 e. The molecule has 3 rings (SSSR count). The van der Waals surface area contributed by atoms with Crippen LogP contribution in [0.3, 0.4) is 0 Å². The molecule has 0 spiro atoms. The third-order valence-corrected chi connectivity index (χ3v) is 4.88. The van der Waals surface area contributed by atoms with Crippen LogP contribution in [0.25, 0.3) is 10.9 Å². The highest BCUT2D eigenvalue weighted by Gasteiger charge is 2.24. The van der Waals surface area contributed by atoms with Crippen molar-refractivity contribution in [2.75, 3.05) is 5.75 Å². The lowest BCUT2D eigenvalue weighted by Gasteiger charge is -2.05. The van der Waals surface area contributed by atoms with Crippen LogP contribution in [0.4, 0.5) is 0 Å². The normalized spacial score (nSPS) is 18.6. The molecule has 5 heteroatoms. The van der Waals surface area contributed by atoms with E-state index < -0.39 is 0 Å². The zero-order valence-corrected chi connectivity index (χ0v) is 11.1. The first-order chi connectivity index (χ1) is 8.20. The number of thiol groups is 1. The number of rotatable bonds is 1. The van der Waals surface area contributed by atoms with Gasteiger partial charge in [-0.1, -0.05) is 23.9 Å². The van der Waals surface area contributed by atoms with E-state index in [-0.39, 0.29) is 5.56 Å². The van der Waals surface area contributed by atoms with E-state index in [4.69, 9.17) is 0 Å². The third kappa shape index (κ3) is 1.68. The van der Waals surface area contributed by atoms with Crippen molar-refractivity contribution in [1.29, 1.82) is 0 Å². The number of hydrogen-bond acceptors (Lipinski definition) is 4. The van der Waals surface area contributed by atoms with Gasteiger partial charge in [-0.2, -0.15) is 12.6 Å². The van der Waals surface area contributed by atoms with Gasteiger partial charge in [-0.05, 0) is 18.6 Å². The highest BCUT2D eigenvalue weighted by Crippen LogP contribution is 2.30. The van der Waals surface area contributed by atoms with E-state index in [1.807, 2.05) is 25.1 Å². The average molecular weight is 264 g/mol. The van der Waals surface area contributed by atoms with Gasteiger partial charge in [-0.3, -0.25) is 9.36 Å². The zero-order valence-electron chi connectivity index (χ0n) is 9.38. The second-order valence-corrected chi connectivity index (χ2v) is 5.83. The first-order valence-electron chi connectivity index (χ1n) is 5.48. The highest BCUT2D eigenvalue weighted by atomic mass is 32.2. The number of aryl methyl sites for hydroxylation is 1. The van der Waals surface area contributed by atoms with Gasteiger partial charge in [0.15, 0.2) is 5.16 Å². The molecular weight excluding hydrogens is 252 g/mol. The van der Waals surface area contributed by atoms with E-state index >= 15 is 0 Å². The summed E-state index contributed by atoms with van der Waals surface area (Å²) in [6.45, 7) is 2.68. The molecule has 17 heavy (non-hydrogen) atoms. The molecule has 1 atom stereocenters. The second kappa shape index (κ2) is 4.07. The lowest BCUT2D eigenvalue weighted by Crippen LogP contribution is -2.22. The number of aromatic nitrogens is 2. The second-order valence-electron chi connectivity index (χ2n) is 4.20. The minimum Gasteiger partial charge on any atom is -0.286 e. The van der Waals surface area contributed by atoms with Crippen molar-refractivity contribution in [3.05, 3.63) is 34.1 Å². The lowest BCUT2D eigenvalue weighted by atomic mass is 10.1. The standard InChI is InChI=1S/C12H12N2OS2/c1-7-3-2-4-9-10(7)11(15)14-5-8(6-16)17-12(14)13-9/h2-4,8,16H,5-6H2,1H3/t8-/m1/s1. The van der Waals surface area contributed by atoms with Gasteiger partial charge in [0.05, 0.1) is 10.9 Å². The van der Waals surface area contributed by atoms with E-state index in [0.717, 1.165) is 33.9 Å². The molecule has 0 unspecified atom stereocenters. The van der Waals surface area contributed by atoms with Crippen molar-refractivity contribution < 1.29 is 0 Å². The molecule has 1 aromatic carbocycles. The maximum atomic E-state index is 12.4. The smallest absolute Gasteiger partial charge is 0.262 e. The van der Waals surface area contributed by atoms with Crippen molar-refractivity contribution in [2.45, 2.75) is 23.9 Å². The molecule has 1 aromatic heterocycles. The molecule has 0 bridgehead atoms. The fourth-order valence-corrected chi connectivity index (χ4v) is 3.52. The Kier molecular flexibility index (Phi) is 2.67. The van der Waals surface area contributed by atoms with Crippen LogP contribution in [-0.2, 0) is 6.54 Å². The Balaban J connectivity index is 2.32. The zero-order chi connectivity index (χ0) is 12.0. The molecule has 0 aliphatic carbocycles. The molecule has 1 aliphatic rings.